The smallest absolute Gasteiger partial charge is 0.410 e. The van der Waals surface area contributed by atoms with Gasteiger partial charge in [-0.25, -0.2) is 4.79 Å². The van der Waals surface area contributed by atoms with Gasteiger partial charge in [-0.3, -0.25) is 0 Å². The summed E-state index contributed by atoms with van der Waals surface area (Å²) in [7, 11) is 0. The lowest BCUT2D eigenvalue weighted by atomic mass is 10.2. The molecule has 3 rings (SSSR count). The highest BCUT2D eigenvalue weighted by molar-refractivity contribution is 5.70. The lowest BCUT2D eigenvalue weighted by Gasteiger charge is -2.37. The van der Waals surface area contributed by atoms with Crippen molar-refractivity contribution in [2.45, 2.75) is 26.4 Å². The van der Waals surface area contributed by atoms with Crippen LogP contribution in [0.2, 0.25) is 0 Å². The summed E-state index contributed by atoms with van der Waals surface area (Å²) < 4.78 is 11.3. The highest BCUT2D eigenvalue weighted by Crippen LogP contribution is 2.35. The molecule has 2 heterocycles. The minimum atomic E-state index is -0.448. The molecule has 2 aliphatic rings. The molecule has 1 saturated heterocycles. The topological polar surface area (TPSA) is 58.6 Å². The minimum absolute atomic E-state index is 0.225. The van der Waals surface area contributed by atoms with Crippen molar-refractivity contribution in [1.82, 2.24) is 4.90 Å². The van der Waals surface area contributed by atoms with Crippen molar-refractivity contribution in [2.24, 2.45) is 0 Å². The van der Waals surface area contributed by atoms with Gasteiger partial charge >= 0.3 is 6.09 Å². The molecule has 0 aromatic heterocycles. The Kier molecular flexibility index (Phi) is 4.35. The summed E-state index contributed by atoms with van der Waals surface area (Å²) in [6, 6.07) is 6.26. The normalized spacial score (nSPS) is 18.2. The fraction of sp³-hybridized carbons (Fsp3) is 0.588. The van der Waals surface area contributed by atoms with Crippen LogP contribution in [0.3, 0.4) is 0 Å². The van der Waals surface area contributed by atoms with Gasteiger partial charge in [-0.15, -0.1) is 0 Å². The number of para-hydroxylation sites is 1. The molecule has 0 atom stereocenters. The van der Waals surface area contributed by atoms with Crippen LogP contribution in [-0.2, 0) is 4.74 Å². The third-order valence-electron chi connectivity index (χ3n) is 4.03. The Morgan fingerprint density at radius 2 is 1.96 bits per heavy atom. The fourth-order valence-electron chi connectivity index (χ4n) is 2.94. The second-order valence-corrected chi connectivity index (χ2v) is 6.99. The summed E-state index contributed by atoms with van der Waals surface area (Å²) >= 11 is 0. The Morgan fingerprint density at radius 1 is 1.22 bits per heavy atom. The van der Waals surface area contributed by atoms with Crippen LogP contribution in [-0.4, -0.2) is 55.9 Å². The molecule has 1 aromatic carbocycles. The number of benzene rings is 1. The zero-order chi connectivity index (χ0) is 16.4. The average molecular weight is 320 g/mol. The fourth-order valence-corrected chi connectivity index (χ4v) is 2.94. The van der Waals surface area contributed by atoms with Crippen molar-refractivity contribution in [3.8, 4) is 5.75 Å². The highest BCUT2D eigenvalue weighted by Gasteiger charge is 2.28. The van der Waals surface area contributed by atoms with Gasteiger partial charge in [0.15, 0.2) is 5.69 Å². The molecule has 6 nitrogen and oxygen atoms in total. The van der Waals surface area contributed by atoms with E-state index >= 15 is 0 Å². The van der Waals surface area contributed by atoms with Gasteiger partial charge in [-0.2, -0.15) is 0 Å². The summed E-state index contributed by atoms with van der Waals surface area (Å²) in [5.41, 5.74) is 1.85. The van der Waals surface area contributed by atoms with Gasteiger partial charge in [0.1, 0.15) is 18.8 Å². The Hall–Kier alpha value is -1.95. The Balaban J connectivity index is 1.65. The van der Waals surface area contributed by atoms with E-state index in [-0.39, 0.29) is 6.09 Å². The van der Waals surface area contributed by atoms with Crippen molar-refractivity contribution in [3.05, 3.63) is 18.2 Å². The van der Waals surface area contributed by atoms with Crippen LogP contribution in [0.5, 0.6) is 5.75 Å². The predicted molar refractivity (Wildman–Crippen MR) is 88.4 cm³/mol. The van der Waals surface area contributed by atoms with Crippen LogP contribution in [0.1, 0.15) is 20.8 Å². The number of amides is 1. The number of hydrogen-bond donors (Lipinski definition) is 1. The van der Waals surface area contributed by atoms with Crippen molar-refractivity contribution >= 4 is 17.5 Å². The van der Waals surface area contributed by atoms with Crippen LogP contribution < -0.4 is 15.0 Å². The number of anilines is 1. The second kappa shape index (κ2) is 6.28. The number of carbonyl (C=O) groups is 1. The molecule has 0 aliphatic carbocycles. The van der Waals surface area contributed by atoms with Crippen LogP contribution >= 0.6 is 0 Å². The molecule has 1 aromatic rings. The number of quaternary nitrogens is 1. The second-order valence-electron chi connectivity index (χ2n) is 6.99. The predicted octanol–water partition coefficient (Wildman–Crippen LogP) is 1.33. The molecule has 0 unspecified atom stereocenters. The van der Waals surface area contributed by atoms with Crippen molar-refractivity contribution in [3.63, 3.8) is 0 Å². The third kappa shape index (κ3) is 3.69. The zero-order valence-corrected chi connectivity index (χ0v) is 14.2. The zero-order valence-electron chi connectivity index (χ0n) is 14.2. The maximum Gasteiger partial charge on any atom is 0.410 e. The molecule has 0 radical (unpaired) electrons. The van der Waals surface area contributed by atoms with Crippen LogP contribution in [0.25, 0.3) is 0 Å². The summed E-state index contributed by atoms with van der Waals surface area (Å²) in [4.78, 5) is 16.2. The highest BCUT2D eigenvalue weighted by atomic mass is 16.6. The third-order valence-corrected chi connectivity index (χ3v) is 4.03. The SMILES string of the molecule is CC(C)(C)OC(=O)N1CCN(c2cccc3c2OCC[NH2+]3)CC1. The Bertz CT molecular complexity index is 575. The molecule has 23 heavy (non-hydrogen) atoms. The molecule has 1 fully saturated rings. The number of carbonyl (C=O) groups excluding carboxylic acids is 1. The molecule has 0 saturated carbocycles. The van der Waals surface area contributed by atoms with E-state index in [1.54, 1.807) is 4.90 Å². The summed E-state index contributed by atoms with van der Waals surface area (Å²) in [5.74, 6) is 0.976. The molecule has 2 N–H and O–H groups in total. The molecule has 0 bridgehead atoms. The average Bonchev–Trinajstić information content (AvgIpc) is 2.53. The monoisotopic (exact) mass is 320 g/mol. The van der Waals surface area contributed by atoms with Gasteiger partial charge in [0, 0.05) is 32.2 Å². The minimum Gasteiger partial charge on any atom is -0.480 e. The molecule has 2 aliphatic heterocycles. The van der Waals surface area contributed by atoms with Gasteiger partial charge in [-0.05, 0) is 26.8 Å². The number of nitrogens with zero attached hydrogens (tertiary/aromatic N) is 2. The summed E-state index contributed by atoms with van der Waals surface area (Å²) in [5, 5.41) is 2.22. The van der Waals surface area contributed by atoms with E-state index in [9.17, 15) is 4.79 Å². The van der Waals surface area contributed by atoms with Crippen LogP contribution in [0, 0.1) is 0 Å². The maximum atomic E-state index is 12.1. The quantitative estimate of drug-likeness (QED) is 0.793. The van der Waals surface area contributed by atoms with Gasteiger partial charge in [0.2, 0.25) is 5.75 Å². The number of ether oxygens (including phenoxy) is 2. The summed E-state index contributed by atoms with van der Waals surface area (Å²) in [6.07, 6.45) is -0.225. The van der Waals surface area contributed by atoms with Gasteiger partial charge in [0.05, 0.1) is 5.69 Å². The molecular formula is C17H26N3O3+. The van der Waals surface area contributed by atoms with E-state index < -0.39 is 5.60 Å². The van der Waals surface area contributed by atoms with Crippen molar-refractivity contribution in [1.29, 1.82) is 0 Å². The van der Waals surface area contributed by atoms with Crippen LogP contribution in [0.15, 0.2) is 18.2 Å². The maximum absolute atomic E-state index is 12.1. The van der Waals surface area contributed by atoms with Gasteiger partial charge < -0.3 is 24.6 Å². The van der Waals surface area contributed by atoms with E-state index in [2.05, 4.69) is 28.4 Å². The standard InChI is InChI=1S/C17H25N3O3/c1-17(2,3)23-16(21)20-10-8-19(9-11-20)14-6-4-5-13-15(14)22-12-7-18-13/h4-6,18H,7-12H2,1-3H3/p+1. The van der Waals surface area contributed by atoms with E-state index in [1.807, 2.05) is 20.8 Å². The van der Waals surface area contributed by atoms with Crippen molar-refractivity contribution < 1.29 is 19.6 Å². The number of hydrogen-bond acceptors (Lipinski definition) is 4. The molecule has 0 spiro atoms. The molecule has 6 heteroatoms. The first-order valence-electron chi connectivity index (χ1n) is 8.26. The number of piperazine rings is 1. The summed E-state index contributed by atoms with van der Waals surface area (Å²) in [6.45, 7) is 10.3. The van der Waals surface area contributed by atoms with Gasteiger partial charge in [-0.1, -0.05) is 6.07 Å². The van der Waals surface area contributed by atoms with Gasteiger partial charge in [0.25, 0.3) is 0 Å². The lowest BCUT2D eigenvalue weighted by molar-refractivity contribution is -0.579. The largest absolute Gasteiger partial charge is 0.480 e. The van der Waals surface area contributed by atoms with E-state index in [0.29, 0.717) is 13.1 Å². The lowest BCUT2D eigenvalue weighted by Crippen LogP contribution is -2.80. The van der Waals surface area contributed by atoms with E-state index in [0.717, 1.165) is 37.7 Å². The molecular weight excluding hydrogens is 294 g/mol. The van der Waals surface area contributed by atoms with E-state index in [1.165, 1.54) is 5.69 Å². The van der Waals surface area contributed by atoms with E-state index in [4.69, 9.17) is 9.47 Å². The van der Waals surface area contributed by atoms with Crippen LogP contribution in [0.4, 0.5) is 16.2 Å². The molecule has 126 valence electrons. The first-order chi connectivity index (χ1) is 10.9. The Labute approximate surface area is 137 Å². The first-order valence-corrected chi connectivity index (χ1v) is 8.26. The number of nitrogens with two attached hydrogens (primary N) is 1. The Morgan fingerprint density at radius 3 is 2.65 bits per heavy atom. The van der Waals surface area contributed by atoms with Crippen molar-refractivity contribution in [2.75, 3.05) is 44.2 Å². The first kappa shape index (κ1) is 15.9. The number of fused-ring (bicyclic) bond motifs is 1. The number of rotatable bonds is 1. The molecule has 1 amide bonds.